The predicted octanol–water partition coefficient (Wildman–Crippen LogP) is 2.51. The zero-order chi connectivity index (χ0) is 13.0. The Morgan fingerprint density at radius 1 is 1.25 bits per heavy atom. The van der Waals surface area contributed by atoms with Crippen LogP contribution >= 0.6 is 0 Å². The van der Waals surface area contributed by atoms with E-state index >= 15 is 0 Å². The molecule has 0 aliphatic carbocycles. The summed E-state index contributed by atoms with van der Waals surface area (Å²) in [6.45, 7) is 11.5. The van der Waals surface area contributed by atoms with Gasteiger partial charge in [-0.1, -0.05) is 20.8 Å². The maximum absolute atomic E-state index is 11.4. The lowest BCUT2D eigenvalue weighted by atomic mass is 9.89. The lowest BCUT2D eigenvalue weighted by Gasteiger charge is -2.25. The third-order valence-electron chi connectivity index (χ3n) is 1.70. The average molecular weight is 229 g/mol. The molecule has 1 N–H and O–H groups in total. The molecule has 0 heterocycles. The van der Waals surface area contributed by atoms with Crippen LogP contribution in [0.15, 0.2) is 0 Å². The maximum atomic E-state index is 11.4. The summed E-state index contributed by atoms with van der Waals surface area (Å²) in [5.41, 5.74) is -0.403. The lowest BCUT2D eigenvalue weighted by Crippen LogP contribution is -2.43. The van der Waals surface area contributed by atoms with E-state index in [-0.39, 0.29) is 11.0 Å². The number of amides is 1. The number of nitrogens with one attached hydrogen (secondary N) is 1. The first-order valence-corrected chi connectivity index (χ1v) is 5.47. The summed E-state index contributed by atoms with van der Waals surface area (Å²) in [7, 11) is 0. The second kappa shape index (κ2) is 5.32. The van der Waals surface area contributed by atoms with E-state index in [0.29, 0.717) is 12.7 Å². The molecule has 0 saturated carbocycles. The number of carbonyl (C=O) groups is 2. The summed E-state index contributed by atoms with van der Waals surface area (Å²) in [5, 5.41) is 2.65. The van der Waals surface area contributed by atoms with Crippen molar-refractivity contribution in [2.45, 2.75) is 59.6 Å². The molecule has 4 heteroatoms. The van der Waals surface area contributed by atoms with Gasteiger partial charge in [-0.2, -0.15) is 0 Å². The number of alkyl carbamates (subject to hydrolysis) is 1. The van der Waals surface area contributed by atoms with Gasteiger partial charge in [0.1, 0.15) is 0 Å². The highest BCUT2D eigenvalue weighted by Crippen LogP contribution is 2.21. The van der Waals surface area contributed by atoms with E-state index in [2.05, 4.69) is 5.32 Å². The normalized spacial score (nSPS) is 14.1. The zero-order valence-corrected chi connectivity index (χ0v) is 11.1. The van der Waals surface area contributed by atoms with Crippen molar-refractivity contribution < 1.29 is 14.3 Å². The van der Waals surface area contributed by atoms with Crippen molar-refractivity contribution in [3.05, 3.63) is 0 Å². The van der Waals surface area contributed by atoms with E-state index in [1.807, 2.05) is 41.5 Å². The highest BCUT2D eigenvalue weighted by Gasteiger charge is 2.23. The average Bonchev–Trinajstić information content (AvgIpc) is 1.96. The van der Waals surface area contributed by atoms with Gasteiger partial charge in [-0.15, -0.1) is 0 Å². The van der Waals surface area contributed by atoms with Crippen LogP contribution < -0.4 is 5.32 Å². The Morgan fingerprint density at radius 2 is 1.75 bits per heavy atom. The second-order valence-corrected chi connectivity index (χ2v) is 6.22. The molecule has 4 nitrogen and oxygen atoms in total. The van der Waals surface area contributed by atoms with Gasteiger partial charge in [-0.25, -0.2) is 4.79 Å². The highest BCUT2D eigenvalue weighted by molar-refractivity contribution is 5.71. The Hall–Kier alpha value is -1.06. The maximum Gasteiger partial charge on any atom is 0.408 e. The molecular weight excluding hydrogens is 206 g/mol. The SMILES string of the molecule is CC(C)(C)C[C@@H](C=O)OC(=O)NC(C)(C)C. The number of ether oxygens (including phenoxy) is 1. The molecule has 0 radical (unpaired) electrons. The Kier molecular flexibility index (Phi) is 4.97. The molecule has 0 aliphatic rings. The van der Waals surface area contributed by atoms with Crippen LogP contribution in [0, 0.1) is 5.41 Å². The summed E-state index contributed by atoms with van der Waals surface area (Å²) in [6.07, 6.45) is -0.0298. The van der Waals surface area contributed by atoms with Crippen molar-refractivity contribution in [3.8, 4) is 0 Å². The molecule has 0 bridgehead atoms. The quantitative estimate of drug-likeness (QED) is 0.756. The lowest BCUT2D eigenvalue weighted by molar-refractivity contribution is -0.116. The Labute approximate surface area is 97.7 Å². The van der Waals surface area contributed by atoms with E-state index in [0.717, 1.165) is 0 Å². The van der Waals surface area contributed by atoms with Crippen molar-refractivity contribution in [3.63, 3.8) is 0 Å². The first-order valence-electron chi connectivity index (χ1n) is 5.47. The smallest absolute Gasteiger partial charge is 0.408 e. The van der Waals surface area contributed by atoms with Crippen LogP contribution in [0.4, 0.5) is 4.79 Å². The fourth-order valence-corrected chi connectivity index (χ4v) is 1.19. The highest BCUT2D eigenvalue weighted by atomic mass is 16.6. The largest absolute Gasteiger partial charge is 0.439 e. The first kappa shape index (κ1) is 14.9. The molecule has 0 saturated heterocycles. The van der Waals surface area contributed by atoms with Crippen LogP contribution in [0.3, 0.4) is 0 Å². The zero-order valence-electron chi connectivity index (χ0n) is 11.1. The van der Waals surface area contributed by atoms with Crippen LogP contribution in [-0.4, -0.2) is 24.0 Å². The van der Waals surface area contributed by atoms with Gasteiger partial charge in [0.2, 0.25) is 0 Å². The van der Waals surface area contributed by atoms with Crippen molar-refractivity contribution in [2.75, 3.05) is 0 Å². The molecule has 1 atom stereocenters. The summed E-state index contributed by atoms with van der Waals surface area (Å²) in [4.78, 5) is 22.2. The molecule has 0 spiro atoms. The second-order valence-electron chi connectivity index (χ2n) is 6.22. The molecule has 0 aromatic heterocycles. The summed E-state index contributed by atoms with van der Waals surface area (Å²) in [5.74, 6) is 0. The van der Waals surface area contributed by atoms with Gasteiger partial charge in [0.25, 0.3) is 0 Å². The summed E-state index contributed by atoms with van der Waals surface area (Å²) >= 11 is 0. The molecule has 0 aliphatic heterocycles. The Bertz CT molecular complexity index is 248. The molecule has 0 rings (SSSR count). The van der Waals surface area contributed by atoms with Crippen LogP contribution in [-0.2, 0) is 9.53 Å². The van der Waals surface area contributed by atoms with Gasteiger partial charge >= 0.3 is 6.09 Å². The summed E-state index contributed by atoms with van der Waals surface area (Å²) in [6, 6.07) is 0. The van der Waals surface area contributed by atoms with Gasteiger partial charge in [-0.3, -0.25) is 4.79 Å². The van der Waals surface area contributed by atoms with Gasteiger partial charge < -0.3 is 10.1 Å². The number of hydrogen-bond donors (Lipinski definition) is 1. The summed E-state index contributed by atoms with van der Waals surface area (Å²) < 4.78 is 5.03. The van der Waals surface area contributed by atoms with Gasteiger partial charge in [0, 0.05) is 5.54 Å². The Balaban J connectivity index is 4.24. The van der Waals surface area contributed by atoms with E-state index in [1.54, 1.807) is 0 Å². The van der Waals surface area contributed by atoms with Crippen molar-refractivity contribution in [1.82, 2.24) is 5.32 Å². The number of carbonyl (C=O) groups excluding carboxylic acids is 2. The fraction of sp³-hybridized carbons (Fsp3) is 0.833. The molecular formula is C12H23NO3. The molecule has 0 aromatic rings. The van der Waals surface area contributed by atoms with Gasteiger partial charge in [0.15, 0.2) is 12.4 Å². The van der Waals surface area contributed by atoms with Crippen LogP contribution in [0.1, 0.15) is 48.0 Å². The third-order valence-corrected chi connectivity index (χ3v) is 1.70. The molecule has 0 unspecified atom stereocenters. The fourth-order valence-electron chi connectivity index (χ4n) is 1.19. The molecule has 0 fully saturated rings. The monoisotopic (exact) mass is 229 g/mol. The first-order chi connectivity index (χ1) is 7.03. The minimum absolute atomic E-state index is 0.0480. The topological polar surface area (TPSA) is 55.4 Å². The van der Waals surface area contributed by atoms with Gasteiger partial charge in [0.05, 0.1) is 0 Å². The molecule has 1 amide bonds. The van der Waals surface area contributed by atoms with Crippen LogP contribution in [0.2, 0.25) is 0 Å². The standard InChI is InChI=1S/C12H23NO3/c1-11(2,3)7-9(8-14)16-10(15)13-12(4,5)6/h8-9H,7H2,1-6H3,(H,13,15)/t9-/m0/s1. The van der Waals surface area contributed by atoms with Crippen molar-refractivity contribution >= 4 is 12.4 Å². The number of rotatable bonds is 3. The van der Waals surface area contributed by atoms with E-state index in [1.165, 1.54) is 0 Å². The predicted molar refractivity (Wildman–Crippen MR) is 63.3 cm³/mol. The number of hydrogen-bond acceptors (Lipinski definition) is 3. The van der Waals surface area contributed by atoms with Gasteiger partial charge in [-0.05, 0) is 32.6 Å². The van der Waals surface area contributed by atoms with Crippen LogP contribution in [0.5, 0.6) is 0 Å². The Morgan fingerprint density at radius 3 is 2.06 bits per heavy atom. The van der Waals surface area contributed by atoms with Crippen LogP contribution in [0.25, 0.3) is 0 Å². The van der Waals surface area contributed by atoms with E-state index in [4.69, 9.17) is 4.74 Å². The molecule has 94 valence electrons. The number of aldehydes is 1. The third kappa shape index (κ3) is 8.26. The van der Waals surface area contributed by atoms with E-state index < -0.39 is 12.2 Å². The van der Waals surface area contributed by atoms with Crippen molar-refractivity contribution in [2.24, 2.45) is 5.41 Å². The molecule has 16 heavy (non-hydrogen) atoms. The molecule has 0 aromatic carbocycles. The van der Waals surface area contributed by atoms with E-state index in [9.17, 15) is 9.59 Å². The minimum atomic E-state index is -0.678. The minimum Gasteiger partial charge on any atom is -0.439 e. The van der Waals surface area contributed by atoms with Crippen molar-refractivity contribution in [1.29, 1.82) is 0 Å².